The van der Waals surface area contributed by atoms with Crippen molar-refractivity contribution in [2.24, 2.45) is 0 Å². The zero-order chi connectivity index (χ0) is 14.8. The van der Waals surface area contributed by atoms with E-state index in [1.807, 2.05) is 6.92 Å². The van der Waals surface area contributed by atoms with Crippen molar-refractivity contribution in [3.63, 3.8) is 0 Å². The summed E-state index contributed by atoms with van der Waals surface area (Å²) in [6, 6.07) is 2.13. The van der Waals surface area contributed by atoms with Crippen molar-refractivity contribution in [3.05, 3.63) is 17.3 Å². The number of fused-ring (bicyclic) bond motifs is 1. The van der Waals surface area contributed by atoms with Gasteiger partial charge in [0.25, 0.3) is 0 Å². The molecule has 1 aliphatic rings. The number of pyridine rings is 1. The molecule has 1 saturated carbocycles. The zero-order valence-electron chi connectivity index (χ0n) is 11.7. The Bertz CT molecular complexity index is 653. The van der Waals surface area contributed by atoms with E-state index in [4.69, 9.17) is 11.6 Å². The van der Waals surface area contributed by atoms with E-state index in [-0.39, 0.29) is 11.2 Å². The van der Waals surface area contributed by atoms with E-state index in [0.717, 1.165) is 18.4 Å². The van der Waals surface area contributed by atoms with Crippen LogP contribution in [0.1, 0.15) is 32.6 Å². The van der Waals surface area contributed by atoms with Gasteiger partial charge in [0.15, 0.2) is 10.8 Å². The zero-order valence-corrected chi connectivity index (χ0v) is 13.3. The summed E-state index contributed by atoms with van der Waals surface area (Å²) in [6.45, 7) is 1.89. The standard InChI is InChI=1S/C14H17ClN4OS/c1-8(13(20)17-10-4-2-3-5-10)21-14-18-11-6-9(15)7-16-12(11)19-14/h6-8,10H,2-5H2,1H3,(H,17,20)(H,16,18,19)/t8-/m1/s1. The van der Waals surface area contributed by atoms with Gasteiger partial charge in [-0.05, 0) is 25.8 Å². The van der Waals surface area contributed by atoms with Crippen molar-refractivity contribution in [3.8, 4) is 0 Å². The lowest BCUT2D eigenvalue weighted by Gasteiger charge is -2.15. The van der Waals surface area contributed by atoms with Gasteiger partial charge in [0.1, 0.15) is 0 Å². The fourth-order valence-electron chi connectivity index (χ4n) is 2.52. The number of thioether (sulfide) groups is 1. The Balaban J connectivity index is 1.64. The molecule has 21 heavy (non-hydrogen) atoms. The Morgan fingerprint density at radius 1 is 1.52 bits per heavy atom. The number of nitrogens with one attached hydrogen (secondary N) is 2. The van der Waals surface area contributed by atoms with Crippen LogP contribution in [0, 0.1) is 0 Å². The van der Waals surface area contributed by atoms with Gasteiger partial charge in [-0.3, -0.25) is 4.79 Å². The molecule has 0 radical (unpaired) electrons. The molecule has 0 aliphatic heterocycles. The summed E-state index contributed by atoms with van der Waals surface area (Å²) in [6.07, 6.45) is 6.17. The van der Waals surface area contributed by atoms with Crippen LogP contribution in [-0.4, -0.2) is 32.2 Å². The number of carbonyl (C=O) groups excluding carboxylic acids is 1. The van der Waals surface area contributed by atoms with E-state index in [1.165, 1.54) is 24.6 Å². The second-order valence-corrected chi connectivity index (χ2v) is 7.08. The molecule has 2 aromatic heterocycles. The molecule has 2 N–H and O–H groups in total. The maximum atomic E-state index is 12.2. The van der Waals surface area contributed by atoms with Crippen molar-refractivity contribution in [1.82, 2.24) is 20.3 Å². The van der Waals surface area contributed by atoms with Crippen LogP contribution >= 0.6 is 23.4 Å². The lowest BCUT2D eigenvalue weighted by Crippen LogP contribution is -2.37. The smallest absolute Gasteiger partial charge is 0.233 e. The SMILES string of the molecule is C[C@@H](Sc1nc2ncc(Cl)cc2[nH]1)C(=O)NC1CCCC1. The lowest BCUT2D eigenvalue weighted by atomic mass is 10.2. The molecule has 0 saturated heterocycles. The van der Waals surface area contributed by atoms with Crippen LogP contribution in [0.3, 0.4) is 0 Å². The molecule has 1 atom stereocenters. The van der Waals surface area contributed by atoms with Crippen LogP contribution in [0.5, 0.6) is 0 Å². The minimum absolute atomic E-state index is 0.0679. The molecule has 1 amide bonds. The quantitative estimate of drug-likeness (QED) is 0.848. The minimum atomic E-state index is -0.193. The Hall–Kier alpha value is -1.27. The number of imidazole rings is 1. The molecule has 5 nitrogen and oxygen atoms in total. The van der Waals surface area contributed by atoms with E-state index in [9.17, 15) is 4.79 Å². The molecular formula is C14H17ClN4OS. The number of aromatic amines is 1. The normalized spacial score (nSPS) is 17.2. The van der Waals surface area contributed by atoms with Crippen LogP contribution in [0.15, 0.2) is 17.4 Å². The van der Waals surface area contributed by atoms with Crippen molar-refractivity contribution >= 4 is 40.4 Å². The predicted molar refractivity (Wildman–Crippen MR) is 84.6 cm³/mol. The van der Waals surface area contributed by atoms with E-state index >= 15 is 0 Å². The number of aromatic nitrogens is 3. The number of halogens is 1. The summed E-state index contributed by atoms with van der Waals surface area (Å²) < 4.78 is 0. The number of hydrogen-bond acceptors (Lipinski definition) is 4. The molecule has 2 heterocycles. The van der Waals surface area contributed by atoms with Crippen LogP contribution in [-0.2, 0) is 4.79 Å². The molecule has 112 valence electrons. The fourth-order valence-corrected chi connectivity index (χ4v) is 3.49. The van der Waals surface area contributed by atoms with Gasteiger partial charge < -0.3 is 10.3 Å². The van der Waals surface area contributed by atoms with Crippen molar-refractivity contribution in [2.45, 2.75) is 49.1 Å². The highest BCUT2D eigenvalue weighted by Crippen LogP contribution is 2.25. The first-order chi connectivity index (χ1) is 10.1. The third-order valence-corrected chi connectivity index (χ3v) is 4.83. The second kappa shape index (κ2) is 6.23. The van der Waals surface area contributed by atoms with Crippen LogP contribution in [0.2, 0.25) is 5.02 Å². The van der Waals surface area contributed by atoms with Gasteiger partial charge in [-0.1, -0.05) is 36.2 Å². The van der Waals surface area contributed by atoms with Crippen molar-refractivity contribution < 1.29 is 4.79 Å². The van der Waals surface area contributed by atoms with Crippen molar-refractivity contribution in [1.29, 1.82) is 0 Å². The molecule has 3 rings (SSSR count). The summed E-state index contributed by atoms with van der Waals surface area (Å²) in [5.41, 5.74) is 1.40. The largest absolute Gasteiger partial charge is 0.352 e. The van der Waals surface area contributed by atoms with E-state index in [2.05, 4.69) is 20.3 Å². The first-order valence-corrected chi connectivity index (χ1v) is 8.36. The lowest BCUT2D eigenvalue weighted by molar-refractivity contribution is -0.120. The number of amides is 1. The molecule has 1 fully saturated rings. The van der Waals surface area contributed by atoms with Crippen molar-refractivity contribution in [2.75, 3.05) is 0 Å². The summed E-state index contributed by atoms with van der Waals surface area (Å²) in [5, 5.41) is 4.16. The monoisotopic (exact) mass is 324 g/mol. The maximum Gasteiger partial charge on any atom is 0.233 e. The number of H-pyrrole nitrogens is 1. The Morgan fingerprint density at radius 3 is 3.05 bits per heavy atom. The fraction of sp³-hybridized carbons (Fsp3) is 0.500. The summed E-state index contributed by atoms with van der Waals surface area (Å²) in [5.74, 6) is 0.0679. The van der Waals surface area contributed by atoms with Gasteiger partial charge in [0.2, 0.25) is 5.91 Å². The second-order valence-electron chi connectivity index (χ2n) is 5.32. The number of hydrogen-bond donors (Lipinski definition) is 2. The Labute approximate surface area is 132 Å². The molecule has 1 aliphatic carbocycles. The van der Waals surface area contributed by atoms with E-state index in [1.54, 1.807) is 12.3 Å². The molecule has 0 unspecified atom stereocenters. The van der Waals surface area contributed by atoms with Crippen LogP contribution in [0.25, 0.3) is 11.2 Å². The first-order valence-electron chi connectivity index (χ1n) is 7.10. The first kappa shape index (κ1) is 14.7. The Kier molecular flexibility index (Phi) is 4.35. The average molecular weight is 325 g/mol. The predicted octanol–water partition coefficient (Wildman–Crippen LogP) is 3.15. The van der Waals surface area contributed by atoms with Gasteiger partial charge in [-0.2, -0.15) is 0 Å². The molecule has 0 bridgehead atoms. The number of rotatable bonds is 4. The Morgan fingerprint density at radius 2 is 2.29 bits per heavy atom. The molecule has 0 aromatic carbocycles. The minimum Gasteiger partial charge on any atom is -0.352 e. The van der Waals surface area contributed by atoms with Crippen LogP contribution < -0.4 is 5.32 Å². The molecular weight excluding hydrogens is 308 g/mol. The highest BCUT2D eigenvalue weighted by atomic mass is 35.5. The number of nitrogens with zero attached hydrogens (tertiary/aromatic N) is 2. The topological polar surface area (TPSA) is 70.7 Å². The average Bonchev–Trinajstić information content (AvgIpc) is 3.07. The van der Waals surface area contributed by atoms with Gasteiger partial charge in [-0.15, -0.1) is 0 Å². The summed E-state index contributed by atoms with van der Waals surface area (Å²) >= 11 is 7.30. The third-order valence-electron chi connectivity index (χ3n) is 3.64. The van der Waals surface area contributed by atoms with Crippen LogP contribution in [0.4, 0.5) is 0 Å². The summed E-state index contributed by atoms with van der Waals surface area (Å²) in [4.78, 5) is 23.8. The van der Waals surface area contributed by atoms with Gasteiger partial charge in [0.05, 0.1) is 15.8 Å². The van der Waals surface area contributed by atoms with E-state index in [0.29, 0.717) is 21.9 Å². The van der Waals surface area contributed by atoms with Gasteiger partial charge >= 0.3 is 0 Å². The highest BCUT2D eigenvalue weighted by Gasteiger charge is 2.22. The maximum absolute atomic E-state index is 12.2. The molecule has 0 spiro atoms. The highest BCUT2D eigenvalue weighted by molar-refractivity contribution is 8.00. The number of carbonyl (C=O) groups is 1. The molecule has 2 aromatic rings. The molecule has 7 heteroatoms. The summed E-state index contributed by atoms with van der Waals surface area (Å²) in [7, 11) is 0. The van der Waals surface area contributed by atoms with E-state index < -0.39 is 0 Å². The third kappa shape index (κ3) is 3.49. The van der Waals surface area contributed by atoms with Gasteiger partial charge in [0, 0.05) is 12.2 Å². The van der Waals surface area contributed by atoms with Gasteiger partial charge in [-0.25, -0.2) is 9.97 Å².